The summed E-state index contributed by atoms with van der Waals surface area (Å²) >= 11 is 0. The van der Waals surface area contributed by atoms with Crippen molar-refractivity contribution in [3.63, 3.8) is 0 Å². The predicted octanol–water partition coefficient (Wildman–Crippen LogP) is 3.77. The molecule has 1 aromatic rings. The predicted molar refractivity (Wildman–Crippen MR) is 57.9 cm³/mol. The van der Waals surface area contributed by atoms with Gasteiger partial charge in [-0.15, -0.1) is 0 Å². The van der Waals surface area contributed by atoms with Crippen molar-refractivity contribution in [3.05, 3.63) is 41.0 Å². The quantitative estimate of drug-likeness (QED) is 0.637. The van der Waals surface area contributed by atoms with Crippen molar-refractivity contribution >= 4 is 6.08 Å². The van der Waals surface area contributed by atoms with E-state index < -0.39 is 0 Å². The lowest BCUT2D eigenvalue weighted by molar-refractivity contribution is 0.733. The Balaban J connectivity index is 2.35. The topological polar surface area (TPSA) is 0 Å². The summed E-state index contributed by atoms with van der Waals surface area (Å²) in [7, 11) is 0. The van der Waals surface area contributed by atoms with Crippen LogP contribution in [0, 0.1) is 0 Å². The van der Waals surface area contributed by atoms with Gasteiger partial charge in [0.1, 0.15) is 0 Å². The highest BCUT2D eigenvalue weighted by Gasteiger charge is 2.08. The molecule has 1 unspecified atom stereocenters. The van der Waals surface area contributed by atoms with Crippen LogP contribution in [0.25, 0.3) is 6.08 Å². The first-order valence-corrected chi connectivity index (χ1v) is 5.10. The van der Waals surface area contributed by atoms with Gasteiger partial charge < -0.3 is 0 Å². The van der Waals surface area contributed by atoms with E-state index in [0.717, 1.165) is 6.42 Å². The molecule has 0 nitrogen and oxygen atoms in total. The van der Waals surface area contributed by atoms with Gasteiger partial charge in [0.15, 0.2) is 0 Å². The maximum Gasteiger partial charge on any atom is -0.00882 e. The van der Waals surface area contributed by atoms with Gasteiger partial charge in [0.05, 0.1) is 0 Å². The van der Waals surface area contributed by atoms with Gasteiger partial charge in [-0.3, -0.25) is 0 Å². The first-order valence-electron chi connectivity index (χ1n) is 5.10. The lowest BCUT2D eigenvalue weighted by atomic mass is 9.95. The highest BCUT2D eigenvalue weighted by molar-refractivity contribution is 5.60. The molecule has 0 aromatic heterocycles. The summed E-state index contributed by atoms with van der Waals surface area (Å²) < 4.78 is 0. The third kappa shape index (κ3) is 1.53. The molecule has 2 rings (SSSR count). The standard InChI is InChI=1S/C13H16/c1-3-10(2)12-8-7-11-5-4-6-13(11)9-12/h4,6-10H,3,5H2,1-2H3. The first kappa shape index (κ1) is 8.55. The van der Waals surface area contributed by atoms with Crippen LogP contribution in [0.15, 0.2) is 24.3 Å². The van der Waals surface area contributed by atoms with E-state index in [4.69, 9.17) is 0 Å². The highest BCUT2D eigenvalue weighted by atomic mass is 14.1. The van der Waals surface area contributed by atoms with Gasteiger partial charge in [-0.25, -0.2) is 0 Å². The molecule has 0 heterocycles. The third-order valence-corrected chi connectivity index (χ3v) is 2.99. The van der Waals surface area contributed by atoms with Crippen molar-refractivity contribution in [2.75, 3.05) is 0 Å². The van der Waals surface area contributed by atoms with Gasteiger partial charge >= 0.3 is 0 Å². The molecule has 0 N–H and O–H groups in total. The Hall–Kier alpha value is -1.04. The Morgan fingerprint density at radius 1 is 1.38 bits per heavy atom. The van der Waals surface area contributed by atoms with Crippen molar-refractivity contribution < 1.29 is 0 Å². The molecule has 13 heavy (non-hydrogen) atoms. The molecule has 0 saturated heterocycles. The zero-order valence-electron chi connectivity index (χ0n) is 8.38. The monoisotopic (exact) mass is 172 g/mol. The van der Waals surface area contributed by atoms with Crippen LogP contribution in [-0.4, -0.2) is 0 Å². The Kier molecular flexibility index (Phi) is 2.22. The summed E-state index contributed by atoms with van der Waals surface area (Å²) in [5.74, 6) is 0.694. The Morgan fingerprint density at radius 2 is 2.23 bits per heavy atom. The molecule has 0 radical (unpaired) electrons. The van der Waals surface area contributed by atoms with Gasteiger partial charge in [0.25, 0.3) is 0 Å². The molecule has 0 bridgehead atoms. The molecule has 1 aliphatic rings. The number of fused-ring (bicyclic) bond motifs is 1. The smallest absolute Gasteiger partial charge is 0.00882 e. The molecule has 0 aliphatic heterocycles. The zero-order chi connectivity index (χ0) is 9.26. The van der Waals surface area contributed by atoms with Crippen molar-refractivity contribution in [1.29, 1.82) is 0 Å². The largest absolute Gasteiger partial charge is 0.0795 e. The number of allylic oxidation sites excluding steroid dienone is 1. The Labute approximate surface area is 80.3 Å². The minimum Gasteiger partial charge on any atom is -0.0795 e. The number of rotatable bonds is 2. The van der Waals surface area contributed by atoms with Gasteiger partial charge in [0.2, 0.25) is 0 Å². The van der Waals surface area contributed by atoms with Crippen LogP contribution in [0.1, 0.15) is 42.9 Å². The fourth-order valence-corrected chi connectivity index (χ4v) is 1.81. The summed E-state index contributed by atoms with van der Waals surface area (Å²) in [5, 5.41) is 0. The minimum atomic E-state index is 0.694. The van der Waals surface area contributed by atoms with Gasteiger partial charge in [-0.1, -0.05) is 44.2 Å². The van der Waals surface area contributed by atoms with Crippen LogP contribution in [0.2, 0.25) is 0 Å². The molecule has 68 valence electrons. The van der Waals surface area contributed by atoms with E-state index in [-0.39, 0.29) is 0 Å². The van der Waals surface area contributed by atoms with Crippen molar-refractivity contribution in [1.82, 2.24) is 0 Å². The second kappa shape index (κ2) is 3.37. The number of hydrogen-bond donors (Lipinski definition) is 0. The lowest BCUT2D eigenvalue weighted by Gasteiger charge is -2.10. The first-order chi connectivity index (χ1) is 6.31. The molecular formula is C13H16. The van der Waals surface area contributed by atoms with Crippen LogP contribution in [-0.2, 0) is 6.42 Å². The van der Waals surface area contributed by atoms with Crippen LogP contribution in [0.3, 0.4) is 0 Å². The molecule has 0 heteroatoms. The van der Waals surface area contributed by atoms with Crippen molar-refractivity contribution in [2.45, 2.75) is 32.6 Å². The minimum absolute atomic E-state index is 0.694. The van der Waals surface area contributed by atoms with Crippen LogP contribution >= 0.6 is 0 Å². The summed E-state index contributed by atoms with van der Waals surface area (Å²) in [5.41, 5.74) is 4.39. The summed E-state index contributed by atoms with van der Waals surface area (Å²) in [6.45, 7) is 4.54. The van der Waals surface area contributed by atoms with E-state index in [2.05, 4.69) is 44.2 Å². The fourth-order valence-electron chi connectivity index (χ4n) is 1.81. The van der Waals surface area contributed by atoms with Crippen LogP contribution < -0.4 is 0 Å². The summed E-state index contributed by atoms with van der Waals surface area (Å²) in [6.07, 6.45) is 6.82. The molecule has 0 amide bonds. The van der Waals surface area contributed by atoms with Crippen molar-refractivity contribution in [3.8, 4) is 0 Å². The third-order valence-electron chi connectivity index (χ3n) is 2.99. The normalized spacial score (nSPS) is 15.8. The SMILES string of the molecule is CCC(C)c1ccc2c(c1)C=CC2. The van der Waals surface area contributed by atoms with E-state index in [9.17, 15) is 0 Å². The molecule has 1 aliphatic carbocycles. The van der Waals surface area contributed by atoms with Crippen LogP contribution in [0.5, 0.6) is 0 Å². The average molecular weight is 172 g/mol. The lowest BCUT2D eigenvalue weighted by Crippen LogP contribution is -1.92. The van der Waals surface area contributed by atoms with E-state index >= 15 is 0 Å². The van der Waals surface area contributed by atoms with E-state index in [0.29, 0.717) is 5.92 Å². The fraction of sp³-hybridized carbons (Fsp3) is 0.385. The molecule has 0 fully saturated rings. The van der Waals surface area contributed by atoms with Gasteiger partial charge in [0, 0.05) is 0 Å². The maximum absolute atomic E-state index is 2.34. The van der Waals surface area contributed by atoms with Crippen molar-refractivity contribution in [2.24, 2.45) is 0 Å². The Bertz CT molecular complexity index is 334. The van der Waals surface area contributed by atoms with E-state index in [1.165, 1.54) is 23.1 Å². The molecule has 1 aromatic carbocycles. The van der Waals surface area contributed by atoms with E-state index in [1.807, 2.05) is 0 Å². The summed E-state index contributed by atoms with van der Waals surface area (Å²) in [6, 6.07) is 6.89. The average Bonchev–Trinajstić information content (AvgIpc) is 2.63. The summed E-state index contributed by atoms with van der Waals surface area (Å²) in [4.78, 5) is 0. The molecule has 0 spiro atoms. The molecule has 1 atom stereocenters. The molecular weight excluding hydrogens is 156 g/mol. The highest BCUT2D eigenvalue weighted by Crippen LogP contribution is 2.25. The molecule has 0 saturated carbocycles. The number of hydrogen-bond acceptors (Lipinski definition) is 0. The van der Waals surface area contributed by atoms with E-state index in [1.54, 1.807) is 0 Å². The Morgan fingerprint density at radius 3 is 3.00 bits per heavy atom. The maximum atomic E-state index is 2.34. The zero-order valence-corrected chi connectivity index (χ0v) is 8.38. The van der Waals surface area contributed by atoms with Gasteiger partial charge in [-0.2, -0.15) is 0 Å². The van der Waals surface area contributed by atoms with Gasteiger partial charge in [-0.05, 0) is 35.4 Å². The number of benzene rings is 1. The van der Waals surface area contributed by atoms with Crippen LogP contribution in [0.4, 0.5) is 0 Å². The second-order valence-corrected chi connectivity index (χ2v) is 3.87. The second-order valence-electron chi connectivity index (χ2n) is 3.87.